The Balaban J connectivity index is 1.30. The van der Waals surface area contributed by atoms with Gasteiger partial charge in [0.2, 0.25) is 0 Å². The van der Waals surface area contributed by atoms with Crippen LogP contribution >= 0.6 is 11.3 Å². The highest BCUT2D eigenvalue weighted by atomic mass is 32.1. The number of rotatable bonds is 7. The number of fused-ring (bicyclic) bond motifs is 2. The Morgan fingerprint density at radius 2 is 1.83 bits per heavy atom. The fourth-order valence-corrected chi connectivity index (χ4v) is 4.52. The van der Waals surface area contributed by atoms with E-state index >= 15 is 0 Å². The van der Waals surface area contributed by atoms with Crippen LogP contribution in [0.1, 0.15) is 23.7 Å². The second-order valence-electron chi connectivity index (χ2n) is 7.82. The summed E-state index contributed by atoms with van der Waals surface area (Å²) >= 11 is 1.37. The van der Waals surface area contributed by atoms with Gasteiger partial charge in [-0.15, -0.1) is 0 Å². The highest BCUT2D eigenvalue weighted by Gasteiger charge is 2.23. The smallest absolute Gasteiger partial charge is 0.338 e. The van der Waals surface area contributed by atoms with Crippen molar-refractivity contribution < 1.29 is 19.1 Å². The molecule has 176 valence electrons. The first-order valence-corrected chi connectivity index (χ1v) is 11.9. The summed E-state index contributed by atoms with van der Waals surface area (Å²) in [6.45, 7) is 1.79. The van der Waals surface area contributed by atoms with Gasteiger partial charge in [0.05, 0.1) is 33.9 Å². The van der Waals surface area contributed by atoms with Gasteiger partial charge in [0.15, 0.2) is 11.2 Å². The van der Waals surface area contributed by atoms with Crippen molar-refractivity contribution in [2.24, 2.45) is 0 Å². The van der Waals surface area contributed by atoms with E-state index in [-0.39, 0.29) is 0 Å². The largest absolute Gasteiger partial charge is 0.497 e. The van der Waals surface area contributed by atoms with Gasteiger partial charge in [0, 0.05) is 5.56 Å². The van der Waals surface area contributed by atoms with Crippen LogP contribution in [0, 0.1) is 0 Å². The highest BCUT2D eigenvalue weighted by molar-refractivity contribution is 7.22. The van der Waals surface area contributed by atoms with Gasteiger partial charge < -0.3 is 14.5 Å². The zero-order valence-electron chi connectivity index (χ0n) is 19.1. The number of hydrogen-bond donors (Lipinski definition) is 2. The third-order valence-electron chi connectivity index (χ3n) is 5.52. The summed E-state index contributed by atoms with van der Waals surface area (Å²) in [6, 6.07) is 20.2. The monoisotopic (exact) mass is 486 g/mol. The molecule has 3 aromatic carbocycles. The van der Waals surface area contributed by atoms with Crippen molar-refractivity contribution in [3.8, 4) is 17.1 Å². The molecule has 0 bridgehead atoms. The highest BCUT2D eigenvalue weighted by Crippen LogP contribution is 2.26. The predicted octanol–water partition coefficient (Wildman–Crippen LogP) is 5.42. The fourth-order valence-electron chi connectivity index (χ4n) is 3.65. The van der Waals surface area contributed by atoms with E-state index in [2.05, 4.69) is 20.3 Å². The SMILES string of the molecule is CCC(OC(=O)c1ccc2nc(-c3ccc(OC)cc3)[nH]c2c1)C(=O)Nc1nc2ccccc2s1. The van der Waals surface area contributed by atoms with E-state index in [1.807, 2.05) is 48.5 Å². The minimum Gasteiger partial charge on any atom is -0.497 e. The van der Waals surface area contributed by atoms with Crippen LogP contribution in [0.3, 0.4) is 0 Å². The number of para-hydroxylation sites is 1. The molecule has 8 nitrogen and oxygen atoms in total. The first-order chi connectivity index (χ1) is 17.0. The molecule has 9 heteroatoms. The van der Waals surface area contributed by atoms with Gasteiger partial charge in [0.1, 0.15) is 11.6 Å². The van der Waals surface area contributed by atoms with Crippen LogP contribution in [0.2, 0.25) is 0 Å². The van der Waals surface area contributed by atoms with Crippen LogP contribution in [0.5, 0.6) is 5.75 Å². The molecule has 0 aliphatic carbocycles. The normalized spacial score (nSPS) is 11.9. The standard InChI is InChI=1S/C26H22N4O4S/c1-3-21(24(31)30-26-29-19-6-4-5-7-22(19)35-26)34-25(32)16-10-13-18-20(14-16)28-23(27-18)15-8-11-17(33-2)12-9-15/h4-14,21H,3H2,1-2H3,(H,27,28)(H,29,30,31). The zero-order chi connectivity index (χ0) is 24.4. The van der Waals surface area contributed by atoms with Crippen molar-refractivity contribution in [3.63, 3.8) is 0 Å². The number of H-pyrrole nitrogens is 1. The molecule has 1 unspecified atom stereocenters. The molecule has 5 rings (SSSR count). The Morgan fingerprint density at radius 1 is 1.03 bits per heavy atom. The maximum absolute atomic E-state index is 12.8. The van der Waals surface area contributed by atoms with Crippen molar-refractivity contribution >= 4 is 49.6 Å². The van der Waals surface area contributed by atoms with Gasteiger partial charge >= 0.3 is 5.97 Å². The summed E-state index contributed by atoms with van der Waals surface area (Å²) < 4.78 is 11.7. The number of nitrogens with one attached hydrogen (secondary N) is 2. The molecule has 0 aliphatic heterocycles. The average molecular weight is 487 g/mol. The van der Waals surface area contributed by atoms with E-state index in [0.29, 0.717) is 34.0 Å². The van der Waals surface area contributed by atoms with Gasteiger partial charge in [-0.1, -0.05) is 30.4 Å². The lowest BCUT2D eigenvalue weighted by Gasteiger charge is -2.15. The maximum Gasteiger partial charge on any atom is 0.338 e. The van der Waals surface area contributed by atoms with Crippen molar-refractivity contribution in [3.05, 3.63) is 72.3 Å². The lowest BCUT2D eigenvalue weighted by molar-refractivity contribution is -0.124. The van der Waals surface area contributed by atoms with E-state index in [1.165, 1.54) is 11.3 Å². The number of benzene rings is 3. The number of aromatic nitrogens is 3. The molecule has 0 spiro atoms. The molecule has 0 radical (unpaired) electrons. The van der Waals surface area contributed by atoms with E-state index in [1.54, 1.807) is 32.2 Å². The number of carbonyl (C=O) groups excluding carboxylic acids is 2. The van der Waals surface area contributed by atoms with E-state index < -0.39 is 18.0 Å². The lowest BCUT2D eigenvalue weighted by atomic mass is 10.2. The van der Waals surface area contributed by atoms with Gasteiger partial charge in [-0.3, -0.25) is 10.1 Å². The molecule has 1 amide bonds. The molecule has 0 saturated carbocycles. The number of aromatic amines is 1. The second kappa shape index (κ2) is 9.55. The molecule has 2 aromatic heterocycles. The van der Waals surface area contributed by atoms with Crippen LogP contribution in [0.15, 0.2) is 66.7 Å². The molecular weight excluding hydrogens is 464 g/mol. The van der Waals surface area contributed by atoms with Crippen molar-refractivity contribution in [2.75, 3.05) is 12.4 Å². The first kappa shape index (κ1) is 22.5. The number of anilines is 1. The molecule has 0 fully saturated rings. The quantitative estimate of drug-likeness (QED) is 0.298. The molecule has 2 heterocycles. The van der Waals surface area contributed by atoms with Crippen molar-refractivity contribution in [2.45, 2.75) is 19.4 Å². The lowest BCUT2D eigenvalue weighted by Crippen LogP contribution is -2.32. The Labute approximate surface area is 204 Å². The molecule has 1 atom stereocenters. The number of imidazole rings is 1. The Bertz CT molecular complexity index is 1490. The number of ether oxygens (including phenoxy) is 2. The first-order valence-electron chi connectivity index (χ1n) is 11.1. The maximum atomic E-state index is 12.8. The average Bonchev–Trinajstić information content (AvgIpc) is 3.50. The Morgan fingerprint density at radius 3 is 2.57 bits per heavy atom. The molecule has 2 N–H and O–H groups in total. The topological polar surface area (TPSA) is 106 Å². The van der Waals surface area contributed by atoms with Gasteiger partial charge in [-0.2, -0.15) is 0 Å². The number of thiazole rings is 1. The molecule has 35 heavy (non-hydrogen) atoms. The summed E-state index contributed by atoms with van der Waals surface area (Å²) in [6.07, 6.45) is -0.613. The van der Waals surface area contributed by atoms with Crippen LogP contribution in [0.25, 0.3) is 32.6 Å². The number of esters is 1. The second-order valence-corrected chi connectivity index (χ2v) is 8.85. The van der Waals surface area contributed by atoms with Crippen LogP contribution in [-0.4, -0.2) is 40.0 Å². The van der Waals surface area contributed by atoms with Gasteiger partial charge in [0.25, 0.3) is 5.91 Å². The third-order valence-corrected chi connectivity index (χ3v) is 6.47. The molecule has 0 aliphatic rings. The van der Waals surface area contributed by atoms with Crippen molar-refractivity contribution in [1.82, 2.24) is 15.0 Å². The minimum absolute atomic E-state index is 0.327. The van der Waals surface area contributed by atoms with E-state index in [9.17, 15) is 9.59 Å². The minimum atomic E-state index is -0.943. The number of hydrogen-bond acceptors (Lipinski definition) is 7. The number of amides is 1. The Hall–Kier alpha value is -4.24. The molecule has 0 saturated heterocycles. The number of nitrogens with zero attached hydrogens (tertiary/aromatic N) is 2. The van der Waals surface area contributed by atoms with Crippen LogP contribution < -0.4 is 10.1 Å². The van der Waals surface area contributed by atoms with Crippen LogP contribution in [-0.2, 0) is 9.53 Å². The summed E-state index contributed by atoms with van der Waals surface area (Å²) in [5.74, 6) is 0.436. The summed E-state index contributed by atoms with van der Waals surface area (Å²) in [5, 5.41) is 3.23. The number of carbonyl (C=O) groups is 2. The Kier molecular flexibility index (Phi) is 6.15. The summed E-state index contributed by atoms with van der Waals surface area (Å²) in [4.78, 5) is 37.8. The van der Waals surface area contributed by atoms with Crippen molar-refractivity contribution in [1.29, 1.82) is 0 Å². The summed E-state index contributed by atoms with van der Waals surface area (Å²) in [7, 11) is 1.62. The van der Waals surface area contributed by atoms with Gasteiger partial charge in [-0.05, 0) is 61.0 Å². The summed E-state index contributed by atoms with van der Waals surface area (Å²) in [5.41, 5.74) is 3.43. The molecular formula is C26H22N4O4S. The molecule has 5 aromatic rings. The fraction of sp³-hybridized carbons (Fsp3) is 0.154. The van der Waals surface area contributed by atoms with E-state index in [4.69, 9.17) is 9.47 Å². The van der Waals surface area contributed by atoms with E-state index in [0.717, 1.165) is 21.5 Å². The number of methoxy groups -OCH3 is 1. The van der Waals surface area contributed by atoms with Crippen LogP contribution in [0.4, 0.5) is 5.13 Å². The third kappa shape index (κ3) is 4.71. The zero-order valence-corrected chi connectivity index (χ0v) is 19.9. The predicted molar refractivity (Wildman–Crippen MR) is 136 cm³/mol. The van der Waals surface area contributed by atoms with Gasteiger partial charge in [-0.25, -0.2) is 14.8 Å².